The Kier molecular flexibility index (Phi) is 3.12. The molecule has 1 aromatic heterocycles. The van der Waals surface area contributed by atoms with Crippen LogP contribution in [0.1, 0.15) is 32.6 Å². The molecular weight excluding hydrogens is 242 g/mol. The fourth-order valence-corrected chi connectivity index (χ4v) is 3.67. The van der Waals surface area contributed by atoms with Crippen molar-refractivity contribution in [3.8, 4) is 0 Å². The molecule has 2 unspecified atom stereocenters. The number of thiazole rings is 1. The van der Waals surface area contributed by atoms with Crippen molar-refractivity contribution in [3.63, 3.8) is 0 Å². The van der Waals surface area contributed by atoms with Crippen LogP contribution in [0.15, 0.2) is 18.2 Å². The summed E-state index contributed by atoms with van der Waals surface area (Å²) in [5, 5.41) is 4.64. The van der Waals surface area contributed by atoms with Crippen molar-refractivity contribution in [3.05, 3.63) is 18.2 Å². The quantitative estimate of drug-likeness (QED) is 0.807. The van der Waals surface area contributed by atoms with Crippen molar-refractivity contribution < 1.29 is 0 Å². The first-order chi connectivity index (χ1) is 8.72. The number of nitrogens with zero attached hydrogens (tertiary/aromatic N) is 1. The molecule has 1 aromatic carbocycles. The summed E-state index contributed by atoms with van der Waals surface area (Å²) in [6.45, 7) is 2.34. The zero-order valence-electron chi connectivity index (χ0n) is 10.6. The first-order valence-electron chi connectivity index (χ1n) is 6.65. The van der Waals surface area contributed by atoms with E-state index in [0.717, 1.165) is 22.3 Å². The first-order valence-corrected chi connectivity index (χ1v) is 7.46. The Bertz CT molecular complexity index is 549. The summed E-state index contributed by atoms with van der Waals surface area (Å²) in [6.07, 6.45) is 5.30. The van der Waals surface area contributed by atoms with Gasteiger partial charge in [0.15, 0.2) is 5.13 Å². The molecular formula is C14H19N3S. The third-order valence-corrected chi connectivity index (χ3v) is 4.78. The normalized spacial score (nSPS) is 24.3. The molecule has 0 saturated heterocycles. The molecule has 3 rings (SSSR count). The van der Waals surface area contributed by atoms with Crippen LogP contribution in [0.25, 0.3) is 10.2 Å². The smallest absolute Gasteiger partial charge is 0.184 e. The monoisotopic (exact) mass is 261 g/mol. The number of rotatable bonds is 2. The minimum absolute atomic E-state index is 0.580. The Morgan fingerprint density at radius 3 is 3.00 bits per heavy atom. The van der Waals surface area contributed by atoms with E-state index in [0.29, 0.717) is 6.04 Å². The van der Waals surface area contributed by atoms with Gasteiger partial charge >= 0.3 is 0 Å². The second kappa shape index (κ2) is 4.76. The van der Waals surface area contributed by atoms with Crippen LogP contribution in [0.5, 0.6) is 0 Å². The van der Waals surface area contributed by atoms with Crippen molar-refractivity contribution in [1.82, 2.24) is 4.98 Å². The third kappa shape index (κ3) is 2.29. The lowest BCUT2D eigenvalue weighted by molar-refractivity contribution is 0.349. The number of anilines is 2. The summed E-state index contributed by atoms with van der Waals surface area (Å²) in [5.74, 6) is 0.746. The summed E-state index contributed by atoms with van der Waals surface area (Å²) in [6, 6.07) is 6.49. The Hall–Kier alpha value is -1.29. The standard InChI is InChI=1S/C14H19N3S/c1-9-4-2-3-5-11(9)16-14-17-12-7-6-10(15)8-13(12)18-14/h6-9,11H,2-5,15H2,1H3,(H,16,17). The molecule has 1 aliphatic carbocycles. The fraction of sp³-hybridized carbons (Fsp3) is 0.500. The molecule has 0 aliphatic heterocycles. The second-order valence-corrected chi connectivity index (χ2v) is 6.29. The van der Waals surface area contributed by atoms with Crippen LogP contribution in [0.2, 0.25) is 0 Å². The number of fused-ring (bicyclic) bond motifs is 1. The van der Waals surface area contributed by atoms with Crippen molar-refractivity contribution in [2.45, 2.75) is 38.6 Å². The summed E-state index contributed by atoms with van der Waals surface area (Å²) >= 11 is 1.70. The molecule has 3 nitrogen and oxygen atoms in total. The van der Waals surface area contributed by atoms with Crippen molar-refractivity contribution in [1.29, 1.82) is 0 Å². The molecule has 3 N–H and O–H groups in total. The average Bonchev–Trinajstić information content (AvgIpc) is 2.73. The highest BCUT2D eigenvalue weighted by Gasteiger charge is 2.21. The zero-order chi connectivity index (χ0) is 12.5. The third-order valence-electron chi connectivity index (χ3n) is 3.83. The van der Waals surface area contributed by atoms with E-state index >= 15 is 0 Å². The molecule has 18 heavy (non-hydrogen) atoms. The summed E-state index contributed by atoms with van der Waals surface area (Å²) in [7, 11) is 0. The van der Waals surface area contributed by atoms with Crippen LogP contribution < -0.4 is 11.1 Å². The highest BCUT2D eigenvalue weighted by atomic mass is 32.1. The van der Waals surface area contributed by atoms with Gasteiger partial charge < -0.3 is 11.1 Å². The Labute approximate surface area is 111 Å². The summed E-state index contributed by atoms with van der Waals surface area (Å²) in [5.41, 5.74) is 7.65. The Balaban J connectivity index is 1.81. The maximum Gasteiger partial charge on any atom is 0.184 e. The zero-order valence-corrected chi connectivity index (χ0v) is 11.5. The molecule has 1 fully saturated rings. The molecule has 1 aliphatic rings. The predicted octanol–water partition coefficient (Wildman–Crippen LogP) is 3.87. The van der Waals surface area contributed by atoms with Crippen molar-refractivity contribution in [2.24, 2.45) is 5.92 Å². The Morgan fingerprint density at radius 1 is 1.33 bits per heavy atom. The van der Waals surface area contributed by atoms with Gasteiger partial charge in [-0.25, -0.2) is 4.98 Å². The number of hydrogen-bond acceptors (Lipinski definition) is 4. The lowest BCUT2D eigenvalue weighted by Crippen LogP contribution is -2.30. The van der Waals surface area contributed by atoms with Gasteiger partial charge in [0, 0.05) is 11.7 Å². The molecule has 0 spiro atoms. The SMILES string of the molecule is CC1CCCCC1Nc1nc2ccc(N)cc2s1. The lowest BCUT2D eigenvalue weighted by Gasteiger charge is -2.29. The predicted molar refractivity (Wildman–Crippen MR) is 79.1 cm³/mol. The summed E-state index contributed by atoms with van der Waals surface area (Å²) < 4.78 is 1.17. The van der Waals surface area contributed by atoms with Gasteiger partial charge in [0.1, 0.15) is 0 Å². The van der Waals surface area contributed by atoms with Crippen molar-refractivity contribution in [2.75, 3.05) is 11.1 Å². The maximum absolute atomic E-state index is 5.80. The number of nitrogen functional groups attached to an aromatic ring is 1. The second-order valence-electron chi connectivity index (χ2n) is 5.26. The number of nitrogens with two attached hydrogens (primary N) is 1. The van der Waals surface area contributed by atoms with E-state index in [1.807, 2.05) is 18.2 Å². The highest BCUT2D eigenvalue weighted by Crippen LogP contribution is 2.31. The number of benzene rings is 1. The molecule has 0 bridgehead atoms. The molecule has 0 amide bonds. The van der Waals surface area contributed by atoms with Crippen LogP contribution in [0, 0.1) is 5.92 Å². The average molecular weight is 261 g/mol. The topological polar surface area (TPSA) is 50.9 Å². The largest absolute Gasteiger partial charge is 0.399 e. The molecule has 2 aromatic rings. The van der Waals surface area contributed by atoms with Gasteiger partial charge in [-0.05, 0) is 37.0 Å². The molecule has 1 saturated carbocycles. The van der Waals surface area contributed by atoms with Gasteiger partial charge in [-0.2, -0.15) is 0 Å². The molecule has 2 atom stereocenters. The minimum atomic E-state index is 0.580. The highest BCUT2D eigenvalue weighted by molar-refractivity contribution is 7.22. The number of aromatic nitrogens is 1. The van der Waals surface area contributed by atoms with E-state index in [1.54, 1.807) is 11.3 Å². The number of hydrogen-bond donors (Lipinski definition) is 2. The van der Waals surface area contributed by atoms with Gasteiger partial charge in [-0.15, -0.1) is 0 Å². The van der Waals surface area contributed by atoms with Gasteiger partial charge in [0.05, 0.1) is 10.2 Å². The van der Waals surface area contributed by atoms with E-state index in [2.05, 4.69) is 17.2 Å². The van der Waals surface area contributed by atoms with Gasteiger partial charge in [-0.1, -0.05) is 31.1 Å². The van der Waals surface area contributed by atoms with Crippen molar-refractivity contribution >= 4 is 32.4 Å². The lowest BCUT2D eigenvalue weighted by atomic mass is 9.86. The molecule has 96 valence electrons. The van der Waals surface area contributed by atoms with E-state index < -0.39 is 0 Å². The van der Waals surface area contributed by atoms with Gasteiger partial charge in [-0.3, -0.25) is 0 Å². The summed E-state index contributed by atoms with van der Waals surface area (Å²) in [4.78, 5) is 4.63. The van der Waals surface area contributed by atoms with Crippen LogP contribution in [0.4, 0.5) is 10.8 Å². The van der Waals surface area contributed by atoms with Crippen LogP contribution >= 0.6 is 11.3 Å². The molecule has 4 heteroatoms. The molecule has 1 heterocycles. The maximum atomic E-state index is 5.80. The van der Waals surface area contributed by atoms with E-state index in [4.69, 9.17) is 5.73 Å². The van der Waals surface area contributed by atoms with Gasteiger partial charge in [0.2, 0.25) is 0 Å². The van der Waals surface area contributed by atoms with Crippen LogP contribution in [-0.2, 0) is 0 Å². The van der Waals surface area contributed by atoms with Gasteiger partial charge in [0.25, 0.3) is 0 Å². The Morgan fingerprint density at radius 2 is 2.17 bits per heavy atom. The minimum Gasteiger partial charge on any atom is -0.399 e. The first kappa shape index (κ1) is 11.8. The van der Waals surface area contributed by atoms with E-state index in [9.17, 15) is 0 Å². The number of nitrogens with one attached hydrogen (secondary N) is 1. The van der Waals surface area contributed by atoms with E-state index in [1.165, 1.54) is 30.4 Å². The van der Waals surface area contributed by atoms with Crippen LogP contribution in [0.3, 0.4) is 0 Å². The van der Waals surface area contributed by atoms with Crippen LogP contribution in [-0.4, -0.2) is 11.0 Å². The van der Waals surface area contributed by atoms with E-state index in [-0.39, 0.29) is 0 Å². The molecule has 0 radical (unpaired) electrons. The fourth-order valence-electron chi connectivity index (χ4n) is 2.69.